The molecular formula is C8H9BFNO3. The van der Waals surface area contributed by atoms with E-state index in [1.54, 1.807) is 0 Å². The first-order valence-corrected chi connectivity index (χ1v) is 3.90. The third-order valence-corrected chi connectivity index (χ3v) is 1.89. The number of nitrogens with two attached hydrogens (primary N) is 1. The van der Waals surface area contributed by atoms with E-state index in [1.165, 1.54) is 19.1 Å². The molecule has 0 radical (unpaired) electrons. The van der Waals surface area contributed by atoms with Crippen LogP contribution in [0.15, 0.2) is 12.1 Å². The summed E-state index contributed by atoms with van der Waals surface area (Å²) in [4.78, 5) is 10.9. The van der Waals surface area contributed by atoms with Crippen LogP contribution in [0.5, 0.6) is 0 Å². The van der Waals surface area contributed by atoms with E-state index < -0.39 is 24.4 Å². The lowest BCUT2D eigenvalue weighted by molar-refractivity contribution is 0.0997. The van der Waals surface area contributed by atoms with Crippen molar-refractivity contribution >= 4 is 18.5 Å². The molecule has 0 spiro atoms. The van der Waals surface area contributed by atoms with E-state index in [1.807, 2.05) is 0 Å². The zero-order chi connectivity index (χ0) is 10.9. The van der Waals surface area contributed by atoms with Crippen LogP contribution in [0.4, 0.5) is 4.39 Å². The Kier molecular flexibility index (Phi) is 2.88. The first kappa shape index (κ1) is 10.7. The molecule has 1 aromatic rings. The topological polar surface area (TPSA) is 83.6 Å². The Bertz CT molecular complexity index is 381. The van der Waals surface area contributed by atoms with Gasteiger partial charge in [0.15, 0.2) is 0 Å². The van der Waals surface area contributed by atoms with Crippen LogP contribution in [0.1, 0.15) is 15.9 Å². The zero-order valence-corrected chi connectivity index (χ0v) is 7.49. The number of rotatable bonds is 2. The van der Waals surface area contributed by atoms with Gasteiger partial charge >= 0.3 is 7.12 Å². The Balaban J connectivity index is 3.45. The van der Waals surface area contributed by atoms with E-state index in [-0.39, 0.29) is 11.0 Å². The number of carbonyl (C=O) groups excluding carboxylic acids is 1. The van der Waals surface area contributed by atoms with E-state index in [0.29, 0.717) is 0 Å². The lowest BCUT2D eigenvalue weighted by atomic mass is 9.76. The molecule has 1 amide bonds. The molecule has 0 atom stereocenters. The molecule has 4 nitrogen and oxygen atoms in total. The summed E-state index contributed by atoms with van der Waals surface area (Å²) in [6.45, 7) is 1.45. The third kappa shape index (κ3) is 1.76. The van der Waals surface area contributed by atoms with Gasteiger partial charge in [0.1, 0.15) is 5.82 Å². The van der Waals surface area contributed by atoms with E-state index in [2.05, 4.69) is 0 Å². The molecule has 74 valence electrons. The molecule has 0 saturated carbocycles. The Morgan fingerprint density at radius 2 is 2.07 bits per heavy atom. The van der Waals surface area contributed by atoms with Crippen LogP contribution in [-0.4, -0.2) is 23.1 Å². The number of halogens is 1. The van der Waals surface area contributed by atoms with Crippen LogP contribution in [0.25, 0.3) is 0 Å². The Labute approximate surface area is 80.3 Å². The van der Waals surface area contributed by atoms with Crippen molar-refractivity contribution in [2.75, 3.05) is 0 Å². The van der Waals surface area contributed by atoms with Gasteiger partial charge in [-0.25, -0.2) is 4.39 Å². The molecule has 1 aromatic carbocycles. The van der Waals surface area contributed by atoms with Crippen molar-refractivity contribution in [2.45, 2.75) is 6.92 Å². The number of benzene rings is 1. The second-order valence-electron chi connectivity index (χ2n) is 2.90. The summed E-state index contributed by atoms with van der Waals surface area (Å²) in [5, 5.41) is 17.7. The minimum absolute atomic E-state index is 0.222. The van der Waals surface area contributed by atoms with Crippen molar-refractivity contribution in [2.24, 2.45) is 5.73 Å². The predicted molar refractivity (Wildman–Crippen MR) is 49.5 cm³/mol. The maximum Gasteiger partial charge on any atom is 0.489 e. The minimum atomic E-state index is -1.91. The number of primary amides is 1. The largest absolute Gasteiger partial charge is 0.489 e. The average molecular weight is 197 g/mol. The molecule has 0 unspecified atom stereocenters. The fourth-order valence-electron chi connectivity index (χ4n) is 1.16. The van der Waals surface area contributed by atoms with Gasteiger partial charge in [0.25, 0.3) is 5.91 Å². The number of carbonyl (C=O) groups is 1. The van der Waals surface area contributed by atoms with E-state index in [4.69, 9.17) is 15.8 Å². The van der Waals surface area contributed by atoms with Gasteiger partial charge in [-0.05, 0) is 17.9 Å². The molecule has 0 aliphatic heterocycles. The van der Waals surface area contributed by atoms with E-state index >= 15 is 0 Å². The zero-order valence-electron chi connectivity index (χ0n) is 7.49. The van der Waals surface area contributed by atoms with E-state index in [0.717, 1.165) is 0 Å². The van der Waals surface area contributed by atoms with Crippen LogP contribution >= 0.6 is 0 Å². The van der Waals surface area contributed by atoms with Gasteiger partial charge < -0.3 is 15.8 Å². The molecule has 1 rings (SSSR count). The molecule has 0 saturated heterocycles. The molecule has 4 N–H and O–H groups in total. The van der Waals surface area contributed by atoms with Crippen LogP contribution < -0.4 is 11.2 Å². The normalized spacial score (nSPS) is 10.0. The van der Waals surface area contributed by atoms with Crippen molar-refractivity contribution in [1.82, 2.24) is 0 Å². The highest BCUT2D eigenvalue weighted by molar-refractivity contribution is 6.60. The lowest BCUT2D eigenvalue weighted by Crippen LogP contribution is -2.37. The fourth-order valence-corrected chi connectivity index (χ4v) is 1.16. The van der Waals surface area contributed by atoms with Gasteiger partial charge in [-0.3, -0.25) is 4.79 Å². The highest BCUT2D eigenvalue weighted by Gasteiger charge is 2.23. The van der Waals surface area contributed by atoms with Crippen LogP contribution in [0.3, 0.4) is 0 Å². The first-order chi connectivity index (χ1) is 6.45. The van der Waals surface area contributed by atoms with Crippen LogP contribution in [0, 0.1) is 12.7 Å². The highest BCUT2D eigenvalue weighted by atomic mass is 19.1. The van der Waals surface area contributed by atoms with Crippen molar-refractivity contribution in [3.8, 4) is 0 Å². The van der Waals surface area contributed by atoms with Crippen molar-refractivity contribution in [3.63, 3.8) is 0 Å². The smallest absolute Gasteiger partial charge is 0.423 e. The number of aryl methyl sites for hydroxylation is 1. The summed E-state index contributed by atoms with van der Waals surface area (Å²) in [5.41, 5.74) is 4.45. The van der Waals surface area contributed by atoms with Gasteiger partial charge in [0.05, 0.1) is 5.56 Å². The second-order valence-corrected chi connectivity index (χ2v) is 2.90. The number of amides is 1. The van der Waals surface area contributed by atoms with Gasteiger partial charge in [-0.1, -0.05) is 12.1 Å². The summed E-state index contributed by atoms with van der Waals surface area (Å²) in [7, 11) is -1.91. The SMILES string of the molecule is Cc1ccc(B(O)O)c(C(N)=O)c1F. The van der Waals surface area contributed by atoms with Crippen molar-refractivity contribution < 1.29 is 19.2 Å². The highest BCUT2D eigenvalue weighted by Crippen LogP contribution is 2.09. The summed E-state index contributed by atoms with van der Waals surface area (Å²) in [6, 6.07) is 2.60. The molecule has 0 heterocycles. The Hall–Kier alpha value is -1.40. The molecular weight excluding hydrogens is 188 g/mol. The summed E-state index contributed by atoms with van der Waals surface area (Å²) in [6.07, 6.45) is 0. The third-order valence-electron chi connectivity index (χ3n) is 1.89. The fraction of sp³-hybridized carbons (Fsp3) is 0.125. The first-order valence-electron chi connectivity index (χ1n) is 3.90. The molecule has 0 fully saturated rings. The minimum Gasteiger partial charge on any atom is -0.423 e. The van der Waals surface area contributed by atoms with Crippen molar-refractivity contribution in [1.29, 1.82) is 0 Å². The maximum atomic E-state index is 13.4. The Morgan fingerprint density at radius 1 is 1.50 bits per heavy atom. The molecule has 0 aromatic heterocycles. The van der Waals surface area contributed by atoms with Crippen LogP contribution in [0.2, 0.25) is 0 Å². The molecule has 0 aliphatic rings. The molecule has 6 heteroatoms. The molecule has 14 heavy (non-hydrogen) atoms. The van der Waals surface area contributed by atoms with Gasteiger partial charge in [-0.2, -0.15) is 0 Å². The van der Waals surface area contributed by atoms with Gasteiger partial charge in [0.2, 0.25) is 0 Å². The maximum absolute atomic E-state index is 13.4. The monoisotopic (exact) mass is 197 g/mol. The van der Waals surface area contributed by atoms with Gasteiger partial charge in [-0.15, -0.1) is 0 Å². The summed E-state index contributed by atoms with van der Waals surface area (Å²) >= 11 is 0. The quantitative estimate of drug-likeness (QED) is 0.527. The number of hydrogen-bond donors (Lipinski definition) is 3. The van der Waals surface area contributed by atoms with Crippen molar-refractivity contribution in [3.05, 3.63) is 29.1 Å². The second kappa shape index (κ2) is 3.77. The average Bonchev–Trinajstić information content (AvgIpc) is 2.08. The lowest BCUT2D eigenvalue weighted by Gasteiger charge is -2.08. The summed E-state index contributed by atoms with van der Waals surface area (Å²) in [5.74, 6) is -1.84. The van der Waals surface area contributed by atoms with Crippen LogP contribution in [-0.2, 0) is 0 Å². The Morgan fingerprint density at radius 3 is 2.50 bits per heavy atom. The summed E-state index contributed by atoms with van der Waals surface area (Å²) < 4.78 is 13.4. The number of hydrogen-bond acceptors (Lipinski definition) is 3. The standard InChI is InChI=1S/C8H9BFNO3/c1-4-2-3-5(9(13)14)6(7(4)10)8(11)12/h2-3,13-14H,1H3,(H2,11,12). The molecule has 0 bridgehead atoms. The predicted octanol–water partition coefficient (Wildman–Crippen LogP) is -1.09. The van der Waals surface area contributed by atoms with E-state index in [9.17, 15) is 9.18 Å². The molecule has 0 aliphatic carbocycles. The van der Waals surface area contributed by atoms with Gasteiger partial charge in [0, 0.05) is 0 Å².